The third-order valence-corrected chi connectivity index (χ3v) is 7.78. The second-order valence-electron chi connectivity index (χ2n) is 9.10. The SMILES string of the molecule is CC(=O)NCC(=O)N1CC=C(c2cc(N3CCC[C@@H](NC(=O)c4ccc(Cl)s4)C3)c3c(N)ncnn23)C1. The number of amides is 3. The number of hydrogen-bond acceptors (Lipinski definition) is 8. The number of hydrogen-bond donors (Lipinski definition) is 3. The minimum atomic E-state index is -0.245. The number of nitrogens with zero attached hydrogens (tertiary/aromatic N) is 5. The van der Waals surface area contributed by atoms with Crippen molar-refractivity contribution in [3.05, 3.63) is 45.5 Å². The molecule has 3 amide bonds. The van der Waals surface area contributed by atoms with Crippen LogP contribution in [0.15, 0.2) is 30.6 Å². The Balaban J connectivity index is 1.36. The van der Waals surface area contributed by atoms with Crippen LogP contribution in [-0.2, 0) is 9.59 Å². The van der Waals surface area contributed by atoms with E-state index in [0.717, 1.165) is 36.3 Å². The maximum atomic E-state index is 12.7. The minimum absolute atomic E-state index is 0.0374. The number of fused-ring (bicyclic) bond motifs is 1. The van der Waals surface area contributed by atoms with Gasteiger partial charge in [-0.2, -0.15) is 5.10 Å². The van der Waals surface area contributed by atoms with Crippen LogP contribution in [0, 0.1) is 0 Å². The lowest BCUT2D eigenvalue weighted by Crippen LogP contribution is -2.47. The molecule has 13 heteroatoms. The first-order valence-electron chi connectivity index (χ1n) is 11.9. The third kappa shape index (κ3) is 5.25. The normalized spacial score (nSPS) is 17.7. The van der Waals surface area contributed by atoms with Crippen molar-refractivity contribution < 1.29 is 14.4 Å². The summed E-state index contributed by atoms with van der Waals surface area (Å²) in [4.78, 5) is 45.1. The first-order chi connectivity index (χ1) is 17.8. The molecule has 0 aliphatic carbocycles. The second-order valence-corrected chi connectivity index (χ2v) is 10.8. The predicted octanol–water partition coefficient (Wildman–Crippen LogP) is 1.79. The molecule has 5 rings (SSSR count). The maximum absolute atomic E-state index is 12.7. The number of thiophene rings is 1. The summed E-state index contributed by atoms with van der Waals surface area (Å²) in [6.45, 7) is 3.60. The number of nitrogen functional groups attached to an aromatic ring is 1. The first kappa shape index (κ1) is 25.0. The van der Waals surface area contributed by atoms with Crippen LogP contribution in [0.1, 0.15) is 35.1 Å². The van der Waals surface area contributed by atoms with Gasteiger partial charge < -0.3 is 26.2 Å². The van der Waals surface area contributed by atoms with Gasteiger partial charge >= 0.3 is 0 Å². The Hall–Kier alpha value is -3.64. The van der Waals surface area contributed by atoms with Crippen molar-refractivity contribution in [2.45, 2.75) is 25.8 Å². The average Bonchev–Trinajstić information content (AvgIpc) is 3.61. The van der Waals surface area contributed by atoms with Gasteiger partial charge in [-0.3, -0.25) is 14.4 Å². The Kier molecular flexibility index (Phi) is 7.02. The van der Waals surface area contributed by atoms with E-state index in [1.54, 1.807) is 21.5 Å². The van der Waals surface area contributed by atoms with Crippen molar-refractivity contribution in [3.8, 4) is 0 Å². The topological polar surface area (TPSA) is 138 Å². The van der Waals surface area contributed by atoms with Gasteiger partial charge in [0, 0.05) is 39.1 Å². The number of anilines is 2. The van der Waals surface area contributed by atoms with Crippen molar-refractivity contribution >= 4 is 63.3 Å². The Morgan fingerprint density at radius 1 is 1.30 bits per heavy atom. The van der Waals surface area contributed by atoms with Crippen LogP contribution in [0.25, 0.3) is 11.1 Å². The molecule has 0 radical (unpaired) electrons. The number of carbonyl (C=O) groups excluding carboxylic acids is 3. The summed E-state index contributed by atoms with van der Waals surface area (Å²) in [7, 11) is 0. The molecule has 194 valence electrons. The van der Waals surface area contributed by atoms with E-state index in [1.807, 2.05) is 12.1 Å². The maximum Gasteiger partial charge on any atom is 0.261 e. The van der Waals surface area contributed by atoms with E-state index in [1.165, 1.54) is 24.6 Å². The molecule has 37 heavy (non-hydrogen) atoms. The summed E-state index contributed by atoms with van der Waals surface area (Å²) in [6.07, 6.45) is 5.16. The molecule has 2 aliphatic rings. The minimum Gasteiger partial charge on any atom is -0.382 e. The van der Waals surface area contributed by atoms with E-state index >= 15 is 0 Å². The van der Waals surface area contributed by atoms with Crippen LogP contribution in [-0.4, -0.2) is 76.0 Å². The Morgan fingerprint density at radius 2 is 2.14 bits per heavy atom. The zero-order valence-corrected chi connectivity index (χ0v) is 21.8. The van der Waals surface area contributed by atoms with E-state index in [2.05, 4.69) is 25.6 Å². The molecular formula is C24H27ClN8O3S. The molecular weight excluding hydrogens is 516 g/mol. The Bertz CT molecular complexity index is 1400. The number of rotatable bonds is 6. The van der Waals surface area contributed by atoms with Gasteiger partial charge in [-0.05, 0) is 36.6 Å². The van der Waals surface area contributed by atoms with Crippen LogP contribution in [0.2, 0.25) is 4.34 Å². The van der Waals surface area contributed by atoms with Crippen molar-refractivity contribution in [2.24, 2.45) is 0 Å². The standard InChI is InChI=1S/C24H27ClN8O3S/c1-14(34)27-10-21(35)32-8-6-15(11-32)17-9-18(22-23(26)28-13-29-33(17)22)31-7-2-3-16(12-31)30-24(36)19-4-5-20(25)37-19/h4-6,9,13,16H,2-3,7-8,10-12H2,1H3,(H,27,34)(H,30,36)(H2,26,28,29)/t16-/m1/s1. The molecule has 3 aromatic heterocycles. The highest BCUT2D eigenvalue weighted by Crippen LogP contribution is 2.34. The van der Waals surface area contributed by atoms with E-state index in [4.69, 9.17) is 17.3 Å². The lowest BCUT2D eigenvalue weighted by molar-refractivity contribution is -0.131. The Labute approximate surface area is 222 Å². The lowest BCUT2D eigenvalue weighted by atomic mass is 10.0. The summed E-state index contributed by atoms with van der Waals surface area (Å²) >= 11 is 7.25. The molecule has 0 bridgehead atoms. The Morgan fingerprint density at radius 3 is 2.89 bits per heavy atom. The van der Waals surface area contributed by atoms with E-state index in [9.17, 15) is 14.4 Å². The van der Waals surface area contributed by atoms with E-state index in [0.29, 0.717) is 40.2 Å². The summed E-state index contributed by atoms with van der Waals surface area (Å²) in [5, 5.41) is 10.1. The molecule has 5 heterocycles. The second kappa shape index (κ2) is 10.4. The van der Waals surface area contributed by atoms with Crippen LogP contribution < -0.4 is 21.3 Å². The molecule has 1 fully saturated rings. The molecule has 0 saturated carbocycles. The first-order valence-corrected chi connectivity index (χ1v) is 13.1. The van der Waals surface area contributed by atoms with Gasteiger partial charge in [0.05, 0.1) is 27.1 Å². The number of nitrogens with one attached hydrogen (secondary N) is 2. The highest BCUT2D eigenvalue weighted by molar-refractivity contribution is 7.18. The van der Waals surface area contributed by atoms with Crippen molar-refractivity contribution in [1.82, 2.24) is 30.1 Å². The van der Waals surface area contributed by atoms with Crippen LogP contribution in [0.3, 0.4) is 0 Å². The molecule has 0 spiro atoms. The summed E-state index contributed by atoms with van der Waals surface area (Å²) < 4.78 is 2.34. The monoisotopic (exact) mass is 542 g/mol. The van der Waals surface area contributed by atoms with Crippen molar-refractivity contribution in [3.63, 3.8) is 0 Å². The fraction of sp³-hybridized carbons (Fsp3) is 0.375. The van der Waals surface area contributed by atoms with Crippen molar-refractivity contribution in [2.75, 3.05) is 43.4 Å². The largest absolute Gasteiger partial charge is 0.382 e. The summed E-state index contributed by atoms with van der Waals surface area (Å²) in [5.74, 6) is -0.175. The zero-order chi connectivity index (χ0) is 26.1. The van der Waals surface area contributed by atoms with E-state index in [-0.39, 0.29) is 30.3 Å². The van der Waals surface area contributed by atoms with Gasteiger partial charge in [0.25, 0.3) is 5.91 Å². The molecule has 1 atom stereocenters. The quantitative estimate of drug-likeness (QED) is 0.431. The number of aromatic nitrogens is 3. The molecule has 1 saturated heterocycles. The van der Waals surface area contributed by atoms with E-state index < -0.39 is 0 Å². The van der Waals surface area contributed by atoms with Gasteiger partial charge in [0.1, 0.15) is 11.8 Å². The van der Waals surface area contributed by atoms with Gasteiger partial charge in [-0.1, -0.05) is 17.7 Å². The molecule has 3 aromatic rings. The van der Waals surface area contributed by atoms with Gasteiger partial charge in [-0.15, -0.1) is 11.3 Å². The van der Waals surface area contributed by atoms with Gasteiger partial charge in [0.15, 0.2) is 5.82 Å². The number of nitrogens with two attached hydrogens (primary N) is 1. The summed E-state index contributed by atoms with van der Waals surface area (Å²) in [6, 6.07) is 5.43. The molecule has 2 aliphatic heterocycles. The number of halogens is 1. The van der Waals surface area contributed by atoms with Crippen molar-refractivity contribution in [1.29, 1.82) is 0 Å². The van der Waals surface area contributed by atoms with Crippen LogP contribution in [0.5, 0.6) is 0 Å². The van der Waals surface area contributed by atoms with Crippen LogP contribution in [0.4, 0.5) is 11.5 Å². The highest BCUT2D eigenvalue weighted by Gasteiger charge is 2.29. The fourth-order valence-electron chi connectivity index (χ4n) is 4.77. The van der Waals surface area contributed by atoms with Gasteiger partial charge in [-0.25, -0.2) is 9.50 Å². The lowest BCUT2D eigenvalue weighted by Gasteiger charge is -2.34. The van der Waals surface area contributed by atoms with Crippen LogP contribution >= 0.6 is 22.9 Å². The molecule has 11 nitrogen and oxygen atoms in total. The highest BCUT2D eigenvalue weighted by atomic mass is 35.5. The smallest absolute Gasteiger partial charge is 0.261 e. The number of carbonyl (C=O) groups is 3. The fourth-order valence-corrected chi connectivity index (χ4v) is 5.71. The number of piperidine rings is 1. The third-order valence-electron chi connectivity index (χ3n) is 6.55. The zero-order valence-electron chi connectivity index (χ0n) is 20.2. The average molecular weight is 543 g/mol. The van der Waals surface area contributed by atoms with Gasteiger partial charge in [0.2, 0.25) is 11.8 Å². The molecule has 4 N–H and O–H groups in total. The molecule has 0 aromatic carbocycles. The predicted molar refractivity (Wildman–Crippen MR) is 143 cm³/mol. The summed E-state index contributed by atoms with van der Waals surface area (Å²) in [5.41, 5.74) is 9.65. The molecule has 0 unspecified atom stereocenters.